The summed E-state index contributed by atoms with van der Waals surface area (Å²) in [6.07, 6.45) is 3.28. The number of aromatic nitrogens is 1. The van der Waals surface area contributed by atoms with Gasteiger partial charge in [-0.25, -0.2) is 4.98 Å². The van der Waals surface area contributed by atoms with Crippen LogP contribution in [0, 0.1) is 11.3 Å². The highest BCUT2D eigenvalue weighted by atomic mass is 16.3. The normalized spacial score (nSPS) is 18.0. The molecule has 0 bridgehead atoms. The number of pyridine rings is 1. The van der Waals surface area contributed by atoms with Gasteiger partial charge in [0.1, 0.15) is 17.6 Å². The van der Waals surface area contributed by atoms with Gasteiger partial charge in [-0.05, 0) is 62.0 Å². The Morgan fingerprint density at radius 2 is 2.20 bits per heavy atom. The Balaban J connectivity index is 2.03. The third kappa shape index (κ3) is 3.59. The number of phenols is 1. The van der Waals surface area contributed by atoms with E-state index in [1.54, 1.807) is 12.1 Å². The number of phenolic OH excluding ortho intramolecular Hbond substituents is 1. The Morgan fingerprint density at radius 1 is 1.40 bits per heavy atom. The second kappa shape index (κ2) is 7.54. The molecule has 0 saturated carbocycles. The zero-order valence-electron chi connectivity index (χ0n) is 14.6. The molecule has 1 aromatic carbocycles. The van der Waals surface area contributed by atoms with Crippen LogP contribution in [-0.4, -0.2) is 34.6 Å². The van der Waals surface area contributed by atoms with Crippen molar-refractivity contribution in [1.29, 1.82) is 5.26 Å². The van der Waals surface area contributed by atoms with Crippen molar-refractivity contribution in [1.82, 2.24) is 9.88 Å². The second-order valence-electron chi connectivity index (χ2n) is 6.63. The van der Waals surface area contributed by atoms with Gasteiger partial charge in [0.25, 0.3) is 0 Å². The molecular formula is C20H24N4O. The van der Waals surface area contributed by atoms with E-state index in [9.17, 15) is 10.4 Å². The number of rotatable bonds is 4. The van der Waals surface area contributed by atoms with Crippen LogP contribution in [-0.2, 0) is 0 Å². The van der Waals surface area contributed by atoms with Crippen molar-refractivity contribution in [3.8, 4) is 23.1 Å². The number of hydrogen-bond donors (Lipinski definition) is 2. The Hall–Kier alpha value is -2.58. The summed E-state index contributed by atoms with van der Waals surface area (Å²) in [7, 11) is 0. The van der Waals surface area contributed by atoms with Gasteiger partial charge in [-0.3, -0.25) is 0 Å². The van der Waals surface area contributed by atoms with Crippen molar-refractivity contribution in [2.24, 2.45) is 0 Å². The Labute approximate surface area is 148 Å². The van der Waals surface area contributed by atoms with Crippen molar-refractivity contribution in [2.75, 3.05) is 25.4 Å². The van der Waals surface area contributed by atoms with Crippen LogP contribution >= 0.6 is 0 Å². The van der Waals surface area contributed by atoms with E-state index in [0.717, 1.165) is 44.5 Å². The van der Waals surface area contributed by atoms with Crippen molar-refractivity contribution in [3.63, 3.8) is 0 Å². The van der Waals surface area contributed by atoms with Crippen molar-refractivity contribution in [2.45, 2.75) is 32.1 Å². The molecule has 1 aliphatic heterocycles. The monoisotopic (exact) mass is 336 g/mol. The number of anilines is 1. The van der Waals surface area contributed by atoms with E-state index in [-0.39, 0.29) is 17.5 Å². The zero-order chi connectivity index (χ0) is 17.8. The molecule has 3 rings (SSSR count). The van der Waals surface area contributed by atoms with Gasteiger partial charge in [0, 0.05) is 12.1 Å². The number of nitriles is 1. The van der Waals surface area contributed by atoms with Gasteiger partial charge in [0.15, 0.2) is 0 Å². The fourth-order valence-electron chi connectivity index (χ4n) is 3.69. The molecule has 1 atom stereocenters. The maximum atomic E-state index is 10.1. The number of nitrogens with zero attached hydrogens (tertiary/aromatic N) is 3. The summed E-state index contributed by atoms with van der Waals surface area (Å²) in [5, 5.41) is 19.7. The number of benzene rings is 1. The van der Waals surface area contributed by atoms with E-state index in [1.807, 2.05) is 18.2 Å². The summed E-state index contributed by atoms with van der Waals surface area (Å²) in [5.74, 6) is 0.678. The number of para-hydroxylation sites is 1. The van der Waals surface area contributed by atoms with Gasteiger partial charge in [-0.15, -0.1) is 0 Å². The summed E-state index contributed by atoms with van der Waals surface area (Å²) in [6.45, 7) is 5.31. The minimum absolute atomic E-state index is 0.168. The van der Waals surface area contributed by atoms with Crippen LogP contribution < -0.4 is 5.73 Å². The van der Waals surface area contributed by atoms with E-state index >= 15 is 0 Å². The quantitative estimate of drug-likeness (QED) is 0.892. The Bertz CT molecular complexity index is 795. The summed E-state index contributed by atoms with van der Waals surface area (Å²) >= 11 is 0. The van der Waals surface area contributed by atoms with Gasteiger partial charge in [0.2, 0.25) is 0 Å². The third-order valence-corrected chi connectivity index (χ3v) is 4.85. The predicted molar refractivity (Wildman–Crippen MR) is 99.2 cm³/mol. The molecule has 1 aliphatic rings. The molecule has 0 amide bonds. The maximum absolute atomic E-state index is 10.1. The molecular weight excluding hydrogens is 312 g/mol. The Morgan fingerprint density at radius 3 is 2.92 bits per heavy atom. The topological polar surface area (TPSA) is 86.2 Å². The standard InChI is InChI=1S/C20H24N4O/c1-2-9-24-10-5-6-14(13-24)16-11-18(23-20(22)17(16)12-21)15-7-3-4-8-19(15)25/h3-4,7-8,11,14,25H,2,5-6,9-10,13H2,1H3,(H2,22,23). The van der Waals surface area contributed by atoms with E-state index in [0.29, 0.717) is 16.8 Å². The molecule has 25 heavy (non-hydrogen) atoms. The van der Waals surface area contributed by atoms with Crippen LogP contribution in [0.1, 0.15) is 43.2 Å². The fraction of sp³-hybridized carbons (Fsp3) is 0.400. The van der Waals surface area contributed by atoms with Gasteiger partial charge in [-0.1, -0.05) is 19.1 Å². The summed E-state index contributed by atoms with van der Waals surface area (Å²) in [4.78, 5) is 6.82. The van der Waals surface area contributed by atoms with Gasteiger partial charge >= 0.3 is 0 Å². The SMILES string of the molecule is CCCN1CCCC(c2cc(-c3ccccc3O)nc(N)c2C#N)C1. The maximum Gasteiger partial charge on any atom is 0.142 e. The second-order valence-corrected chi connectivity index (χ2v) is 6.63. The molecule has 5 heteroatoms. The minimum atomic E-state index is 0.168. The van der Waals surface area contributed by atoms with Crippen LogP contribution in [0.4, 0.5) is 5.82 Å². The van der Waals surface area contributed by atoms with Gasteiger partial charge in [-0.2, -0.15) is 5.26 Å². The first kappa shape index (κ1) is 17.2. The van der Waals surface area contributed by atoms with E-state index < -0.39 is 0 Å². The molecule has 2 aromatic rings. The van der Waals surface area contributed by atoms with Gasteiger partial charge < -0.3 is 15.7 Å². The first-order valence-corrected chi connectivity index (χ1v) is 8.85. The van der Waals surface area contributed by atoms with Crippen LogP contribution in [0.15, 0.2) is 30.3 Å². The highest BCUT2D eigenvalue weighted by Gasteiger charge is 2.25. The van der Waals surface area contributed by atoms with Crippen LogP contribution in [0.25, 0.3) is 11.3 Å². The average molecular weight is 336 g/mol. The molecule has 5 nitrogen and oxygen atoms in total. The summed E-state index contributed by atoms with van der Waals surface area (Å²) in [6, 6.07) is 11.2. The van der Waals surface area contributed by atoms with E-state index in [4.69, 9.17) is 5.73 Å². The smallest absolute Gasteiger partial charge is 0.142 e. The van der Waals surface area contributed by atoms with Crippen LogP contribution in [0.2, 0.25) is 0 Å². The third-order valence-electron chi connectivity index (χ3n) is 4.85. The lowest BCUT2D eigenvalue weighted by Crippen LogP contribution is -2.35. The molecule has 0 spiro atoms. The van der Waals surface area contributed by atoms with E-state index in [1.165, 1.54) is 0 Å². The number of piperidine rings is 1. The van der Waals surface area contributed by atoms with E-state index in [2.05, 4.69) is 22.9 Å². The molecule has 1 aromatic heterocycles. The first-order valence-electron chi connectivity index (χ1n) is 8.85. The van der Waals surface area contributed by atoms with Crippen molar-refractivity contribution >= 4 is 5.82 Å². The minimum Gasteiger partial charge on any atom is -0.507 e. The summed E-state index contributed by atoms with van der Waals surface area (Å²) < 4.78 is 0. The van der Waals surface area contributed by atoms with Gasteiger partial charge in [0.05, 0.1) is 11.3 Å². The predicted octanol–water partition coefficient (Wildman–Crippen LogP) is 3.50. The fourth-order valence-corrected chi connectivity index (χ4v) is 3.69. The summed E-state index contributed by atoms with van der Waals surface area (Å²) in [5.41, 5.74) is 8.78. The molecule has 1 fully saturated rings. The first-order chi connectivity index (χ1) is 12.1. The van der Waals surface area contributed by atoms with Crippen LogP contribution in [0.3, 0.4) is 0 Å². The van der Waals surface area contributed by atoms with Crippen molar-refractivity contribution in [3.05, 3.63) is 41.5 Å². The highest BCUT2D eigenvalue weighted by molar-refractivity contribution is 5.71. The average Bonchev–Trinajstić information content (AvgIpc) is 2.62. The lowest BCUT2D eigenvalue weighted by molar-refractivity contribution is 0.208. The molecule has 0 aliphatic carbocycles. The number of aromatic hydroxyl groups is 1. The molecule has 130 valence electrons. The zero-order valence-corrected chi connectivity index (χ0v) is 14.6. The van der Waals surface area contributed by atoms with Crippen molar-refractivity contribution < 1.29 is 5.11 Å². The molecule has 0 radical (unpaired) electrons. The molecule has 3 N–H and O–H groups in total. The largest absolute Gasteiger partial charge is 0.507 e. The number of likely N-dealkylation sites (tertiary alicyclic amines) is 1. The molecule has 1 unspecified atom stereocenters. The highest BCUT2D eigenvalue weighted by Crippen LogP contribution is 2.35. The molecule has 2 heterocycles. The Kier molecular flexibility index (Phi) is 5.20. The van der Waals surface area contributed by atoms with Crippen LogP contribution in [0.5, 0.6) is 5.75 Å². The number of nitrogen functional groups attached to an aromatic ring is 1. The lowest BCUT2D eigenvalue weighted by Gasteiger charge is -2.33. The number of nitrogens with two attached hydrogens (primary N) is 1. The lowest BCUT2D eigenvalue weighted by atomic mass is 9.87. The number of hydrogen-bond acceptors (Lipinski definition) is 5. The molecule has 1 saturated heterocycles.